The van der Waals surface area contributed by atoms with Crippen LogP contribution in [-0.4, -0.2) is 19.6 Å². The maximum Gasteiger partial charge on any atom is 0.214 e. The zero-order valence-electron chi connectivity index (χ0n) is 13.1. The van der Waals surface area contributed by atoms with Gasteiger partial charge in [-0.3, -0.25) is 0 Å². The van der Waals surface area contributed by atoms with Crippen LogP contribution >= 0.6 is 34.3 Å². The Morgan fingerprint density at radius 1 is 1.12 bits per heavy atom. The first-order valence-electron chi connectivity index (χ1n) is 7.37. The van der Waals surface area contributed by atoms with E-state index in [4.69, 9.17) is 11.6 Å². The molecule has 3 aromatic heterocycles. The monoisotopic (exact) mass is 375 g/mol. The number of benzene rings is 1. The highest BCUT2D eigenvalue weighted by Gasteiger charge is 2.11. The predicted octanol–water partition coefficient (Wildman–Crippen LogP) is 4.80. The van der Waals surface area contributed by atoms with Crippen LogP contribution in [0.25, 0.3) is 16.2 Å². The van der Waals surface area contributed by atoms with Gasteiger partial charge in [0.05, 0.1) is 29.1 Å². The molecule has 1 aromatic carbocycles. The van der Waals surface area contributed by atoms with Crippen molar-refractivity contribution in [2.75, 3.05) is 5.32 Å². The van der Waals surface area contributed by atoms with Crippen molar-refractivity contribution in [3.05, 3.63) is 51.1 Å². The number of anilines is 1. The summed E-state index contributed by atoms with van der Waals surface area (Å²) in [5, 5.41) is 10.6. The minimum Gasteiger partial charge on any atom is -0.355 e. The molecule has 0 aliphatic rings. The molecule has 0 spiro atoms. The fourth-order valence-electron chi connectivity index (χ4n) is 2.42. The normalized spacial score (nSPS) is 11.3. The van der Waals surface area contributed by atoms with Crippen molar-refractivity contribution in [3.8, 4) is 11.3 Å². The van der Waals surface area contributed by atoms with Crippen molar-refractivity contribution in [2.24, 2.45) is 0 Å². The van der Waals surface area contributed by atoms with E-state index in [1.54, 1.807) is 11.3 Å². The van der Waals surface area contributed by atoms with Crippen LogP contribution in [0.3, 0.4) is 0 Å². The summed E-state index contributed by atoms with van der Waals surface area (Å²) in [5.74, 6) is 0. The molecule has 8 heteroatoms. The third kappa shape index (κ3) is 3.02. The molecule has 5 nitrogen and oxygen atoms in total. The Hall–Kier alpha value is -1.96. The van der Waals surface area contributed by atoms with Gasteiger partial charge in [0.25, 0.3) is 0 Å². The Morgan fingerprint density at radius 2 is 1.92 bits per heavy atom. The van der Waals surface area contributed by atoms with E-state index in [1.165, 1.54) is 16.2 Å². The Kier molecular flexibility index (Phi) is 3.99. The second-order valence-corrected chi connectivity index (χ2v) is 8.04. The highest BCUT2D eigenvalue weighted by molar-refractivity contribution is 7.20. The van der Waals surface area contributed by atoms with Gasteiger partial charge in [-0.2, -0.15) is 0 Å². The molecule has 0 aliphatic heterocycles. The number of nitrogens with zero attached hydrogens (tertiary/aromatic N) is 4. The Balaban J connectivity index is 1.53. The molecule has 4 rings (SSSR count). The number of rotatable bonds is 4. The summed E-state index contributed by atoms with van der Waals surface area (Å²) in [5.41, 5.74) is 3.00. The molecule has 0 unspecified atom stereocenters. The van der Waals surface area contributed by atoms with Crippen molar-refractivity contribution >= 4 is 44.4 Å². The van der Waals surface area contributed by atoms with Gasteiger partial charge < -0.3 is 5.32 Å². The highest BCUT2D eigenvalue weighted by Crippen LogP contribution is 2.26. The Bertz CT molecular complexity index is 968. The standard InChI is InChI=1S/C16H14ClN5S2/c1-9-14(23-10(2)19-9)7-18-15-21-22-8-13(20-16(22)24-15)11-3-5-12(17)6-4-11/h3-6,8H,7H2,1-2H3,(H,18,21). The van der Waals surface area contributed by atoms with Gasteiger partial charge in [-0.25, -0.2) is 14.5 Å². The summed E-state index contributed by atoms with van der Waals surface area (Å²) in [4.78, 5) is 11.2. The van der Waals surface area contributed by atoms with E-state index in [0.717, 1.165) is 43.6 Å². The number of aromatic nitrogens is 4. The van der Waals surface area contributed by atoms with Gasteiger partial charge in [-0.15, -0.1) is 16.4 Å². The van der Waals surface area contributed by atoms with Crippen molar-refractivity contribution in [3.63, 3.8) is 0 Å². The number of imidazole rings is 1. The lowest BCUT2D eigenvalue weighted by atomic mass is 10.2. The molecule has 4 aromatic rings. The summed E-state index contributed by atoms with van der Waals surface area (Å²) in [6.07, 6.45) is 1.93. The summed E-state index contributed by atoms with van der Waals surface area (Å²) < 4.78 is 1.81. The molecule has 1 N–H and O–H groups in total. The van der Waals surface area contributed by atoms with Gasteiger partial charge in [-0.1, -0.05) is 35.1 Å². The molecule has 0 aliphatic carbocycles. The Morgan fingerprint density at radius 3 is 2.58 bits per heavy atom. The minimum absolute atomic E-state index is 0.720. The quantitative estimate of drug-likeness (QED) is 0.556. The average molecular weight is 376 g/mol. The van der Waals surface area contributed by atoms with E-state index in [-0.39, 0.29) is 0 Å². The van der Waals surface area contributed by atoms with Crippen molar-refractivity contribution < 1.29 is 0 Å². The van der Waals surface area contributed by atoms with Gasteiger partial charge in [-0.05, 0) is 26.0 Å². The molecule has 3 heterocycles. The third-order valence-electron chi connectivity index (χ3n) is 3.58. The Labute approximate surface area is 152 Å². The van der Waals surface area contributed by atoms with Gasteiger partial charge in [0, 0.05) is 15.5 Å². The van der Waals surface area contributed by atoms with E-state index in [1.807, 2.05) is 48.8 Å². The highest BCUT2D eigenvalue weighted by atomic mass is 35.5. The largest absolute Gasteiger partial charge is 0.355 e. The first kappa shape index (κ1) is 15.6. The number of aryl methyl sites for hydroxylation is 2. The molecular formula is C16H14ClN5S2. The van der Waals surface area contributed by atoms with Crippen LogP contribution in [0.1, 0.15) is 15.6 Å². The minimum atomic E-state index is 0.720. The van der Waals surface area contributed by atoms with E-state index < -0.39 is 0 Å². The van der Waals surface area contributed by atoms with Crippen LogP contribution in [0.2, 0.25) is 5.02 Å². The van der Waals surface area contributed by atoms with E-state index in [0.29, 0.717) is 0 Å². The summed E-state index contributed by atoms with van der Waals surface area (Å²) >= 11 is 9.18. The topological polar surface area (TPSA) is 55.1 Å². The van der Waals surface area contributed by atoms with Crippen LogP contribution in [0.15, 0.2) is 30.5 Å². The van der Waals surface area contributed by atoms with Crippen molar-refractivity contribution in [1.82, 2.24) is 19.6 Å². The van der Waals surface area contributed by atoms with Crippen LogP contribution < -0.4 is 5.32 Å². The maximum absolute atomic E-state index is 5.93. The number of fused-ring (bicyclic) bond motifs is 1. The molecule has 0 atom stereocenters. The SMILES string of the molecule is Cc1nc(C)c(CNc2nn3cc(-c4ccc(Cl)cc4)nc3s2)s1. The zero-order valence-corrected chi connectivity index (χ0v) is 15.5. The van der Waals surface area contributed by atoms with E-state index in [9.17, 15) is 0 Å². The van der Waals surface area contributed by atoms with Crippen molar-refractivity contribution in [2.45, 2.75) is 20.4 Å². The average Bonchev–Trinajstić information content (AvgIpc) is 3.18. The molecule has 0 saturated heterocycles. The van der Waals surface area contributed by atoms with Gasteiger partial charge >= 0.3 is 0 Å². The second-order valence-electron chi connectivity index (χ2n) is 5.36. The van der Waals surface area contributed by atoms with Gasteiger partial charge in [0.2, 0.25) is 10.1 Å². The summed E-state index contributed by atoms with van der Waals surface area (Å²) in [6.45, 7) is 4.79. The number of hydrogen-bond donors (Lipinski definition) is 1. The van der Waals surface area contributed by atoms with Crippen LogP contribution in [-0.2, 0) is 6.54 Å². The smallest absolute Gasteiger partial charge is 0.214 e. The predicted molar refractivity (Wildman–Crippen MR) is 100 cm³/mol. The molecule has 122 valence electrons. The number of nitrogens with one attached hydrogen (secondary N) is 1. The maximum atomic E-state index is 5.93. The molecule has 24 heavy (non-hydrogen) atoms. The molecule has 0 saturated carbocycles. The number of thiazole rings is 1. The lowest BCUT2D eigenvalue weighted by Crippen LogP contribution is -1.99. The van der Waals surface area contributed by atoms with Crippen LogP contribution in [0.4, 0.5) is 5.13 Å². The van der Waals surface area contributed by atoms with Crippen LogP contribution in [0.5, 0.6) is 0 Å². The summed E-state index contributed by atoms with van der Waals surface area (Å²) in [7, 11) is 0. The number of halogens is 1. The lowest BCUT2D eigenvalue weighted by Gasteiger charge is -1.99. The number of hydrogen-bond acceptors (Lipinski definition) is 6. The molecular weight excluding hydrogens is 362 g/mol. The first-order valence-corrected chi connectivity index (χ1v) is 9.38. The first-order chi connectivity index (χ1) is 11.6. The molecule has 0 radical (unpaired) electrons. The second kappa shape index (κ2) is 6.16. The lowest BCUT2D eigenvalue weighted by molar-refractivity contribution is 0.962. The third-order valence-corrected chi connectivity index (χ3v) is 5.79. The molecule has 0 amide bonds. The van der Waals surface area contributed by atoms with E-state index >= 15 is 0 Å². The van der Waals surface area contributed by atoms with Crippen molar-refractivity contribution in [1.29, 1.82) is 0 Å². The van der Waals surface area contributed by atoms with Gasteiger partial charge in [0.1, 0.15) is 0 Å². The van der Waals surface area contributed by atoms with Crippen LogP contribution in [0, 0.1) is 13.8 Å². The van der Waals surface area contributed by atoms with E-state index in [2.05, 4.69) is 20.4 Å². The van der Waals surface area contributed by atoms with Gasteiger partial charge in [0.15, 0.2) is 0 Å². The zero-order chi connectivity index (χ0) is 16.7. The fourth-order valence-corrected chi connectivity index (χ4v) is 4.20. The molecule has 0 bridgehead atoms. The fraction of sp³-hybridized carbons (Fsp3) is 0.188. The summed E-state index contributed by atoms with van der Waals surface area (Å²) in [6, 6.07) is 7.65. The molecule has 0 fully saturated rings.